The topological polar surface area (TPSA) is 215 Å². The zero-order valence-electron chi connectivity index (χ0n) is 16.4. The molecule has 3 atom stereocenters. The Morgan fingerprint density at radius 2 is 1.64 bits per heavy atom. The van der Waals surface area contributed by atoms with Gasteiger partial charge in [-0.15, -0.1) is 0 Å². The van der Waals surface area contributed by atoms with Crippen LogP contribution in [0.25, 0.3) is 0 Å². The van der Waals surface area contributed by atoms with Crippen molar-refractivity contribution >= 4 is 29.7 Å². The van der Waals surface area contributed by atoms with E-state index in [1.54, 1.807) is 13.8 Å². The van der Waals surface area contributed by atoms with E-state index in [1.807, 2.05) is 0 Å². The summed E-state index contributed by atoms with van der Waals surface area (Å²) in [6, 6.07) is -2.90. The lowest BCUT2D eigenvalue weighted by Gasteiger charge is -2.24. The third-order valence-electron chi connectivity index (χ3n) is 3.66. The molecule has 0 aliphatic rings. The summed E-state index contributed by atoms with van der Waals surface area (Å²) >= 11 is 0. The fourth-order valence-electron chi connectivity index (χ4n) is 2.11. The number of nitrogens with one attached hydrogen (secondary N) is 3. The maximum Gasteiger partial charge on any atom is 0.326 e. The summed E-state index contributed by atoms with van der Waals surface area (Å²) in [6.45, 7) is 4.74. The van der Waals surface area contributed by atoms with Crippen LogP contribution in [-0.4, -0.2) is 66.0 Å². The van der Waals surface area contributed by atoms with E-state index >= 15 is 0 Å². The number of guanidine groups is 1. The number of aliphatic imine (C=N–C) groups is 1. The number of nitrogens with two attached hydrogens (primary N) is 3. The molecule has 0 aromatic heterocycles. The van der Waals surface area contributed by atoms with E-state index in [4.69, 9.17) is 17.2 Å². The van der Waals surface area contributed by atoms with Crippen LogP contribution in [0, 0.1) is 5.92 Å². The van der Waals surface area contributed by atoms with Crippen LogP contribution in [-0.2, 0) is 19.2 Å². The highest BCUT2D eigenvalue weighted by Crippen LogP contribution is 2.05. The molecule has 0 bridgehead atoms. The van der Waals surface area contributed by atoms with Crippen LogP contribution < -0.4 is 33.2 Å². The Labute approximate surface area is 163 Å². The van der Waals surface area contributed by atoms with Gasteiger partial charge < -0.3 is 38.3 Å². The number of hydrogen-bond acceptors (Lipinski definition) is 6. The predicted molar refractivity (Wildman–Crippen MR) is 103 cm³/mol. The lowest BCUT2D eigenvalue weighted by Crippen LogP contribution is -2.55. The van der Waals surface area contributed by atoms with Crippen LogP contribution >= 0.6 is 0 Å². The van der Waals surface area contributed by atoms with E-state index in [2.05, 4.69) is 20.9 Å². The number of amides is 3. The molecule has 0 radical (unpaired) electrons. The van der Waals surface area contributed by atoms with Crippen molar-refractivity contribution in [2.24, 2.45) is 28.1 Å². The SMILES string of the molecule is CC(N)C(=O)NCC(=O)NC(C(=O)NC(CCCN=C(N)N)C(=O)O)C(C)C. The van der Waals surface area contributed by atoms with E-state index in [0.717, 1.165) is 0 Å². The molecular weight excluding hydrogens is 370 g/mol. The van der Waals surface area contributed by atoms with Gasteiger partial charge in [0.2, 0.25) is 17.7 Å². The summed E-state index contributed by atoms with van der Waals surface area (Å²) in [4.78, 5) is 51.0. The van der Waals surface area contributed by atoms with Gasteiger partial charge in [0.25, 0.3) is 0 Å². The quantitative estimate of drug-likeness (QED) is 0.103. The van der Waals surface area contributed by atoms with Crippen LogP contribution in [0.2, 0.25) is 0 Å². The number of carbonyl (C=O) groups is 4. The number of carboxylic acid groups (broad SMARTS) is 1. The van der Waals surface area contributed by atoms with Gasteiger partial charge in [-0.1, -0.05) is 13.8 Å². The van der Waals surface area contributed by atoms with Gasteiger partial charge in [0.05, 0.1) is 12.6 Å². The van der Waals surface area contributed by atoms with E-state index in [-0.39, 0.29) is 31.4 Å². The maximum absolute atomic E-state index is 12.5. The molecule has 0 aliphatic heterocycles. The van der Waals surface area contributed by atoms with Crippen molar-refractivity contribution in [3.05, 3.63) is 0 Å². The summed E-state index contributed by atoms with van der Waals surface area (Å²) in [6.07, 6.45) is 0.457. The van der Waals surface area contributed by atoms with E-state index in [1.165, 1.54) is 6.92 Å². The molecular formula is C16H31N7O5. The minimum absolute atomic E-state index is 0.102. The lowest BCUT2D eigenvalue weighted by atomic mass is 10.0. The van der Waals surface area contributed by atoms with Crippen LogP contribution in [0.5, 0.6) is 0 Å². The zero-order valence-corrected chi connectivity index (χ0v) is 16.4. The van der Waals surface area contributed by atoms with Gasteiger partial charge in [0.1, 0.15) is 12.1 Å². The predicted octanol–water partition coefficient (Wildman–Crippen LogP) is -2.79. The fraction of sp³-hybridized carbons (Fsp3) is 0.688. The summed E-state index contributed by atoms with van der Waals surface area (Å²) < 4.78 is 0. The Balaban J connectivity index is 4.79. The molecule has 3 amide bonds. The van der Waals surface area contributed by atoms with Crippen molar-refractivity contribution in [3.8, 4) is 0 Å². The smallest absolute Gasteiger partial charge is 0.326 e. The summed E-state index contributed by atoms with van der Waals surface area (Å²) in [5, 5.41) is 16.5. The first-order valence-electron chi connectivity index (χ1n) is 8.86. The minimum Gasteiger partial charge on any atom is -0.480 e. The molecule has 28 heavy (non-hydrogen) atoms. The monoisotopic (exact) mass is 401 g/mol. The molecule has 0 heterocycles. The van der Waals surface area contributed by atoms with Crippen LogP contribution in [0.15, 0.2) is 4.99 Å². The molecule has 0 aliphatic carbocycles. The van der Waals surface area contributed by atoms with Crippen molar-refractivity contribution in [3.63, 3.8) is 0 Å². The Bertz CT molecular complexity index is 588. The molecule has 160 valence electrons. The first kappa shape index (κ1) is 25.1. The molecule has 0 spiro atoms. The molecule has 0 saturated heterocycles. The molecule has 0 fully saturated rings. The van der Waals surface area contributed by atoms with Crippen molar-refractivity contribution in [2.75, 3.05) is 13.1 Å². The largest absolute Gasteiger partial charge is 0.480 e. The average molecular weight is 401 g/mol. The third kappa shape index (κ3) is 10.3. The van der Waals surface area contributed by atoms with Crippen molar-refractivity contribution in [1.82, 2.24) is 16.0 Å². The zero-order chi connectivity index (χ0) is 21.9. The number of carboxylic acids is 1. The Morgan fingerprint density at radius 3 is 2.11 bits per heavy atom. The highest BCUT2D eigenvalue weighted by atomic mass is 16.4. The van der Waals surface area contributed by atoms with Gasteiger partial charge in [0.15, 0.2) is 5.96 Å². The highest BCUT2D eigenvalue weighted by molar-refractivity contribution is 5.92. The average Bonchev–Trinajstić information content (AvgIpc) is 2.58. The second kappa shape index (κ2) is 12.5. The molecule has 0 aromatic rings. The normalized spacial score (nSPS) is 13.8. The van der Waals surface area contributed by atoms with Gasteiger partial charge in [0, 0.05) is 6.54 Å². The Hall–Kier alpha value is -2.89. The van der Waals surface area contributed by atoms with Crippen LogP contribution in [0.1, 0.15) is 33.6 Å². The van der Waals surface area contributed by atoms with Gasteiger partial charge in [-0.25, -0.2) is 4.79 Å². The lowest BCUT2D eigenvalue weighted by molar-refractivity contribution is -0.142. The van der Waals surface area contributed by atoms with Crippen molar-refractivity contribution in [1.29, 1.82) is 0 Å². The number of hydrogen-bond donors (Lipinski definition) is 7. The maximum atomic E-state index is 12.5. The first-order chi connectivity index (χ1) is 13.0. The molecule has 3 unspecified atom stereocenters. The van der Waals surface area contributed by atoms with Crippen molar-refractivity contribution < 1.29 is 24.3 Å². The third-order valence-corrected chi connectivity index (χ3v) is 3.66. The highest BCUT2D eigenvalue weighted by Gasteiger charge is 2.28. The van der Waals surface area contributed by atoms with E-state index < -0.39 is 41.8 Å². The number of carbonyl (C=O) groups excluding carboxylic acids is 3. The van der Waals surface area contributed by atoms with Gasteiger partial charge >= 0.3 is 5.97 Å². The molecule has 12 nitrogen and oxygen atoms in total. The second-order valence-corrected chi connectivity index (χ2v) is 6.64. The number of nitrogens with zero attached hydrogens (tertiary/aromatic N) is 1. The van der Waals surface area contributed by atoms with Crippen LogP contribution in [0.3, 0.4) is 0 Å². The van der Waals surface area contributed by atoms with E-state index in [0.29, 0.717) is 6.42 Å². The molecule has 12 heteroatoms. The molecule has 0 aromatic carbocycles. The molecule has 0 rings (SSSR count). The minimum atomic E-state index is -1.21. The summed E-state index contributed by atoms with van der Waals surface area (Å²) in [7, 11) is 0. The molecule has 10 N–H and O–H groups in total. The summed E-state index contributed by atoms with van der Waals surface area (Å²) in [5.74, 6) is -3.37. The Kier molecular flexibility index (Phi) is 11.2. The van der Waals surface area contributed by atoms with Crippen molar-refractivity contribution in [2.45, 2.75) is 51.7 Å². The fourth-order valence-corrected chi connectivity index (χ4v) is 2.11. The van der Waals surface area contributed by atoms with Gasteiger partial charge in [-0.2, -0.15) is 0 Å². The van der Waals surface area contributed by atoms with Gasteiger partial charge in [-0.05, 0) is 25.7 Å². The summed E-state index contributed by atoms with van der Waals surface area (Å²) in [5.41, 5.74) is 15.8. The van der Waals surface area contributed by atoms with Crippen LogP contribution in [0.4, 0.5) is 0 Å². The molecule has 0 saturated carbocycles. The van der Waals surface area contributed by atoms with E-state index in [9.17, 15) is 24.3 Å². The second-order valence-electron chi connectivity index (χ2n) is 6.64. The Morgan fingerprint density at radius 1 is 1.04 bits per heavy atom. The van der Waals surface area contributed by atoms with Gasteiger partial charge in [-0.3, -0.25) is 19.4 Å². The number of rotatable bonds is 12. The first-order valence-corrected chi connectivity index (χ1v) is 8.86. The number of aliphatic carboxylic acids is 1. The standard InChI is InChI=1S/C16H31N7O5/c1-8(2)12(23-11(24)7-21-13(25)9(3)17)14(26)22-10(15(27)28)5-4-6-20-16(18)19/h8-10,12H,4-7,17H2,1-3H3,(H,21,25)(H,22,26)(H,23,24)(H,27,28)(H4,18,19,20).